The smallest absolute Gasteiger partial charge is 0.262 e. The number of carbonyl (C=O) groups excluding carboxylic acids is 2. The Labute approximate surface area is 117 Å². The molecule has 1 atom stereocenters. The van der Waals surface area contributed by atoms with Crippen molar-refractivity contribution in [1.82, 2.24) is 10.6 Å². The Kier molecular flexibility index (Phi) is 6.52. The van der Waals surface area contributed by atoms with Gasteiger partial charge in [-0.25, -0.2) is 0 Å². The number of amides is 2. The number of thiophene rings is 1. The average Bonchev–Trinajstić information content (AvgIpc) is 2.89. The number of hydrogen-bond acceptors (Lipinski definition) is 4. The minimum Gasteiger partial charge on any atom is -0.354 e. The second-order valence-corrected chi connectivity index (χ2v) is 5.55. The molecule has 0 radical (unpaired) electrons. The second kappa shape index (κ2) is 7.91. The van der Waals surface area contributed by atoms with Crippen LogP contribution in [0.3, 0.4) is 0 Å². The summed E-state index contributed by atoms with van der Waals surface area (Å²) in [6.45, 7) is 4.88. The Morgan fingerprint density at radius 2 is 2.16 bits per heavy atom. The van der Waals surface area contributed by atoms with Crippen molar-refractivity contribution in [2.45, 2.75) is 26.3 Å². The van der Waals surface area contributed by atoms with E-state index in [-0.39, 0.29) is 17.7 Å². The summed E-state index contributed by atoms with van der Waals surface area (Å²) in [5.74, 6) is -0.335. The molecule has 0 aliphatic heterocycles. The summed E-state index contributed by atoms with van der Waals surface area (Å²) in [6, 6.07) is 3.03. The molecule has 0 bridgehead atoms. The summed E-state index contributed by atoms with van der Waals surface area (Å²) < 4.78 is 0. The van der Waals surface area contributed by atoms with E-state index in [1.54, 1.807) is 6.07 Å². The Morgan fingerprint density at radius 1 is 1.42 bits per heavy atom. The van der Waals surface area contributed by atoms with Crippen LogP contribution in [-0.4, -0.2) is 30.9 Å². The van der Waals surface area contributed by atoms with Crippen LogP contribution in [0.15, 0.2) is 17.5 Å². The van der Waals surface area contributed by atoms with Crippen LogP contribution in [0.4, 0.5) is 0 Å². The van der Waals surface area contributed by atoms with Crippen molar-refractivity contribution in [1.29, 1.82) is 0 Å². The molecule has 6 heteroatoms. The molecule has 0 aliphatic rings. The first kappa shape index (κ1) is 15.7. The van der Waals surface area contributed by atoms with Gasteiger partial charge in [-0.3, -0.25) is 9.59 Å². The van der Waals surface area contributed by atoms with Gasteiger partial charge >= 0.3 is 0 Å². The molecule has 1 rings (SSSR count). The van der Waals surface area contributed by atoms with E-state index in [9.17, 15) is 9.59 Å². The zero-order valence-electron chi connectivity index (χ0n) is 11.3. The van der Waals surface area contributed by atoms with Crippen LogP contribution in [-0.2, 0) is 4.79 Å². The standard InChI is InChI=1S/C13H21N3O2S/c1-9(2)11(13(18)15-7-4-6-14)16-12(17)10-5-3-8-19-10/h3,5,8-9,11H,4,6-7,14H2,1-2H3,(H,15,18)(H,16,17). The van der Waals surface area contributed by atoms with Crippen molar-refractivity contribution in [3.63, 3.8) is 0 Å². The van der Waals surface area contributed by atoms with E-state index in [1.165, 1.54) is 11.3 Å². The fourth-order valence-electron chi connectivity index (χ4n) is 1.58. The van der Waals surface area contributed by atoms with Gasteiger partial charge in [0.05, 0.1) is 4.88 Å². The molecule has 106 valence electrons. The largest absolute Gasteiger partial charge is 0.354 e. The molecule has 19 heavy (non-hydrogen) atoms. The van der Waals surface area contributed by atoms with Gasteiger partial charge in [0, 0.05) is 6.54 Å². The lowest BCUT2D eigenvalue weighted by Crippen LogP contribution is -2.49. The van der Waals surface area contributed by atoms with Crippen molar-refractivity contribution < 1.29 is 9.59 Å². The molecular formula is C13H21N3O2S. The van der Waals surface area contributed by atoms with Gasteiger partial charge in [0.2, 0.25) is 5.91 Å². The summed E-state index contributed by atoms with van der Waals surface area (Å²) in [7, 11) is 0. The minimum absolute atomic E-state index is 0.0294. The zero-order valence-corrected chi connectivity index (χ0v) is 12.1. The Hall–Kier alpha value is -1.40. The quantitative estimate of drug-likeness (QED) is 0.652. The highest BCUT2D eigenvalue weighted by Gasteiger charge is 2.24. The highest BCUT2D eigenvalue weighted by atomic mass is 32.1. The molecule has 1 heterocycles. The minimum atomic E-state index is -0.521. The van der Waals surface area contributed by atoms with Gasteiger partial charge in [-0.05, 0) is 30.3 Å². The van der Waals surface area contributed by atoms with Gasteiger partial charge in [-0.1, -0.05) is 19.9 Å². The average molecular weight is 283 g/mol. The second-order valence-electron chi connectivity index (χ2n) is 4.61. The van der Waals surface area contributed by atoms with E-state index < -0.39 is 6.04 Å². The maximum atomic E-state index is 12.0. The molecule has 1 unspecified atom stereocenters. The van der Waals surface area contributed by atoms with E-state index in [4.69, 9.17) is 5.73 Å². The van der Waals surface area contributed by atoms with Crippen molar-refractivity contribution in [3.05, 3.63) is 22.4 Å². The lowest BCUT2D eigenvalue weighted by molar-refractivity contribution is -0.123. The van der Waals surface area contributed by atoms with E-state index in [0.29, 0.717) is 18.0 Å². The monoisotopic (exact) mass is 283 g/mol. The van der Waals surface area contributed by atoms with Crippen LogP contribution in [0.2, 0.25) is 0 Å². The van der Waals surface area contributed by atoms with E-state index in [2.05, 4.69) is 10.6 Å². The molecule has 2 amide bonds. The Balaban J connectivity index is 2.57. The van der Waals surface area contributed by atoms with Gasteiger partial charge in [0.15, 0.2) is 0 Å². The van der Waals surface area contributed by atoms with E-state index in [0.717, 1.165) is 6.42 Å². The molecular weight excluding hydrogens is 262 g/mol. The summed E-state index contributed by atoms with van der Waals surface area (Å²) in [5, 5.41) is 7.39. The van der Waals surface area contributed by atoms with Crippen molar-refractivity contribution in [2.75, 3.05) is 13.1 Å². The zero-order chi connectivity index (χ0) is 14.3. The maximum absolute atomic E-state index is 12.0. The summed E-state index contributed by atoms with van der Waals surface area (Å²) >= 11 is 1.36. The first-order chi connectivity index (χ1) is 9.06. The predicted molar refractivity (Wildman–Crippen MR) is 77.1 cm³/mol. The SMILES string of the molecule is CC(C)C(NC(=O)c1cccs1)C(=O)NCCCN. The molecule has 0 aromatic carbocycles. The maximum Gasteiger partial charge on any atom is 0.262 e. The predicted octanol–water partition coefficient (Wildman–Crippen LogP) is 0.968. The summed E-state index contributed by atoms with van der Waals surface area (Å²) in [6.07, 6.45) is 0.732. The van der Waals surface area contributed by atoms with Crippen LogP contribution < -0.4 is 16.4 Å². The Bertz CT molecular complexity index is 404. The third-order valence-electron chi connectivity index (χ3n) is 2.66. The number of carbonyl (C=O) groups is 2. The topological polar surface area (TPSA) is 84.2 Å². The van der Waals surface area contributed by atoms with Crippen LogP contribution >= 0.6 is 11.3 Å². The molecule has 1 aromatic heterocycles. The van der Waals surface area contributed by atoms with Gasteiger partial charge < -0.3 is 16.4 Å². The van der Waals surface area contributed by atoms with Crippen LogP contribution in [0.5, 0.6) is 0 Å². The fourth-order valence-corrected chi connectivity index (χ4v) is 2.21. The van der Waals surface area contributed by atoms with Gasteiger partial charge in [0.1, 0.15) is 6.04 Å². The van der Waals surface area contributed by atoms with Crippen molar-refractivity contribution in [2.24, 2.45) is 11.7 Å². The molecule has 0 aliphatic carbocycles. The van der Waals surface area contributed by atoms with Crippen LogP contribution in [0, 0.1) is 5.92 Å². The number of hydrogen-bond donors (Lipinski definition) is 3. The normalized spacial score (nSPS) is 12.2. The van der Waals surface area contributed by atoms with Gasteiger partial charge in [-0.15, -0.1) is 11.3 Å². The number of rotatable bonds is 7. The lowest BCUT2D eigenvalue weighted by atomic mass is 10.0. The lowest BCUT2D eigenvalue weighted by Gasteiger charge is -2.21. The summed E-state index contributed by atoms with van der Waals surface area (Å²) in [4.78, 5) is 24.6. The van der Waals surface area contributed by atoms with Crippen molar-refractivity contribution >= 4 is 23.2 Å². The highest BCUT2D eigenvalue weighted by Crippen LogP contribution is 2.10. The Morgan fingerprint density at radius 3 is 2.68 bits per heavy atom. The number of nitrogens with one attached hydrogen (secondary N) is 2. The molecule has 1 aromatic rings. The van der Waals surface area contributed by atoms with E-state index in [1.807, 2.05) is 25.3 Å². The highest BCUT2D eigenvalue weighted by molar-refractivity contribution is 7.12. The summed E-state index contributed by atoms with van der Waals surface area (Å²) in [5.41, 5.74) is 5.38. The molecule has 5 nitrogen and oxygen atoms in total. The first-order valence-corrected chi connectivity index (χ1v) is 7.26. The molecule has 4 N–H and O–H groups in total. The van der Waals surface area contributed by atoms with Gasteiger partial charge in [-0.2, -0.15) is 0 Å². The van der Waals surface area contributed by atoms with Crippen LogP contribution in [0.1, 0.15) is 29.9 Å². The molecule has 0 fully saturated rings. The van der Waals surface area contributed by atoms with Crippen LogP contribution in [0.25, 0.3) is 0 Å². The molecule has 0 spiro atoms. The number of nitrogens with two attached hydrogens (primary N) is 1. The fraction of sp³-hybridized carbons (Fsp3) is 0.538. The molecule has 0 saturated heterocycles. The van der Waals surface area contributed by atoms with Crippen molar-refractivity contribution in [3.8, 4) is 0 Å². The van der Waals surface area contributed by atoms with E-state index >= 15 is 0 Å². The first-order valence-electron chi connectivity index (χ1n) is 6.38. The third kappa shape index (κ3) is 5.00. The molecule has 0 saturated carbocycles. The third-order valence-corrected chi connectivity index (χ3v) is 3.53. The van der Waals surface area contributed by atoms with Gasteiger partial charge in [0.25, 0.3) is 5.91 Å².